The molecule has 0 aromatic rings. The summed E-state index contributed by atoms with van der Waals surface area (Å²) >= 11 is 0. The van der Waals surface area contributed by atoms with Crippen molar-refractivity contribution in [2.45, 2.75) is 85.0 Å². The molecule has 9 nitrogen and oxygen atoms in total. The molecule has 3 amide bonds. The fraction of sp³-hybridized carbons (Fsp3) is 0.789. The molecule has 0 aromatic carbocycles. The van der Waals surface area contributed by atoms with Gasteiger partial charge in [-0.25, -0.2) is 10.2 Å². The molecule has 0 bridgehead atoms. The molecule has 0 spiro atoms. The largest absolute Gasteiger partial charge is 0.444 e. The minimum absolute atomic E-state index is 0.0318. The van der Waals surface area contributed by atoms with Gasteiger partial charge in [-0.05, 0) is 53.4 Å². The van der Waals surface area contributed by atoms with Crippen LogP contribution in [-0.4, -0.2) is 59.0 Å². The smallest absolute Gasteiger partial charge is 0.408 e. The maximum atomic E-state index is 12.6. The number of hydrogen-bond acceptors (Lipinski definition) is 6. The van der Waals surface area contributed by atoms with Crippen molar-refractivity contribution >= 4 is 23.7 Å². The van der Waals surface area contributed by atoms with Crippen LogP contribution in [0.15, 0.2) is 0 Å². The Morgan fingerprint density at radius 3 is 2.21 bits per heavy atom. The quantitative estimate of drug-likeness (QED) is 0.617. The number of nitrogens with one attached hydrogen (secondary N) is 3. The number of nitrogens with zero attached hydrogens (tertiary/aromatic N) is 1. The third kappa shape index (κ3) is 7.46. The van der Waals surface area contributed by atoms with E-state index in [1.807, 2.05) is 0 Å². The zero-order valence-corrected chi connectivity index (χ0v) is 17.9. The Labute approximate surface area is 166 Å². The van der Waals surface area contributed by atoms with Crippen LogP contribution >= 0.6 is 0 Å². The Hall–Kier alpha value is -2.16. The highest BCUT2D eigenvalue weighted by Gasteiger charge is 2.32. The number of ether oxygens (including phenoxy) is 1. The van der Waals surface area contributed by atoms with Crippen LogP contribution in [0.3, 0.4) is 0 Å². The fourth-order valence-corrected chi connectivity index (χ4v) is 2.81. The first-order valence-electron chi connectivity index (χ1n) is 9.69. The van der Waals surface area contributed by atoms with Crippen molar-refractivity contribution in [1.82, 2.24) is 21.1 Å². The molecule has 0 aromatic heterocycles. The van der Waals surface area contributed by atoms with E-state index < -0.39 is 35.7 Å². The van der Waals surface area contributed by atoms with Gasteiger partial charge in [-0.1, -0.05) is 13.8 Å². The van der Waals surface area contributed by atoms with E-state index in [9.17, 15) is 19.2 Å². The van der Waals surface area contributed by atoms with E-state index in [1.165, 1.54) is 11.9 Å². The summed E-state index contributed by atoms with van der Waals surface area (Å²) in [5.74, 6) is -1.04. The molecule has 1 aliphatic rings. The number of ketones is 1. The topological polar surface area (TPSA) is 117 Å². The van der Waals surface area contributed by atoms with Crippen molar-refractivity contribution < 1.29 is 23.9 Å². The van der Waals surface area contributed by atoms with Gasteiger partial charge in [0.05, 0.1) is 6.04 Å². The number of alkyl carbamates (subject to hydrolysis) is 1. The number of amides is 3. The molecule has 1 rings (SSSR count). The van der Waals surface area contributed by atoms with Crippen LogP contribution < -0.4 is 16.1 Å². The van der Waals surface area contributed by atoms with Gasteiger partial charge in [0.15, 0.2) is 0 Å². The lowest BCUT2D eigenvalue weighted by atomic mass is 10.0. The van der Waals surface area contributed by atoms with Crippen LogP contribution in [0.5, 0.6) is 0 Å². The summed E-state index contributed by atoms with van der Waals surface area (Å²) in [7, 11) is 0. The summed E-state index contributed by atoms with van der Waals surface area (Å²) in [6.45, 7) is 12.3. The number of rotatable bonds is 6. The van der Waals surface area contributed by atoms with Crippen molar-refractivity contribution in [3.8, 4) is 0 Å². The molecule has 3 atom stereocenters. The van der Waals surface area contributed by atoms with Crippen molar-refractivity contribution in [2.24, 2.45) is 5.92 Å². The van der Waals surface area contributed by atoms with Gasteiger partial charge in [-0.15, -0.1) is 0 Å². The van der Waals surface area contributed by atoms with E-state index in [1.54, 1.807) is 41.5 Å². The molecule has 1 aliphatic heterocycles. The molecule has 160 valence electrons. The average Bonchev–Trinajstić information content (AvgIpc) is 2.57. The molecule has 0 radical (unpaired) electrons. The molecule has 0 aliphatic carbocycles. The summed E-state index contributed by atoms with van der Waals surface area (Å²) < 4.78 is 5.20. The lowest BCUT2D eigenvalue weighted by Crippen LogP contribution is -2.60. The lowest BCUT2D eigenvalue weighted by molar-refractivity contribution is -0.142. The van der Waals surface area contributed by atoms with E-state index in [-0.39, 0.29) is 17.6 Å². The van der Waals surface area contributed by atoms with Gasteiger partial charge in [-0.2, -0.15) is 0 Å². The normalized spacial score (nSPS) is 19.6. The van der Waals surface area contributed by atoms with Crippen LogP contribution in [0, 0.1) is 5.92 Å². The third-order valence-corrected chi connectivity index (χ3v) is 4.29. The number of hydrazine groups is 1. The fourth-order valence-electron chi connectivity index (χ4n) is 2.81. The Morgan fingerprint density at radius 1 is 1.11 bits per heavy atom. The van der Waals surface area contributed by atoms with Gasteiger partial charge in [0.2, 0.25) is 5.91 Å². The van der Waals surface area contributed by atoms with E-state index in [0.29, 0.717) is 19.4 Å². The molecule has 1 fully saturated rings. The third-order valence-electron chi connectivity index (χ3n) is 4.29. The van der Waals surface area contributed by atoms with Gasteiger partial charge in [-0.3, -0.25) is 19.4 Å². The number of carbonyl (C=O) groups excluding carboxylic acids is 4. The molecule has 3 N–H and O–H groups in total. The van der Waals surface area contributed by atoms with Crippen LogP contribution in [0.1, 0.15) is 61.3 Å². The minimum atomic E-state index is -0.843. The predicted molar refractivity (Wildman–Crippen MR) is 104 cm³/mol. The second kappa shape index (κ2) is 9.86. The summed E-state index contributed by atoms with van der Waals surface area (Å²) in [6, 6.07) is -2.05. The average molecular weight is 399 g/mol. The molecule has 0 saturated carbocycles. The second-order valence-corrected chi connectivity index (χ2v) is 8.52. The predicted octanol–water partition coefficient (Wildman–Crippen LogP) is 1.13. The number of Topliss-reactive ketones (excluding diaryl/α,β-unsaturated/α-hetero) is 1. The Balaban J connectivity index is 2.69. The van der Waals surface area contributed by atoms with Crippen LogP contribution in [0.2, 0.25) is 0 Å². The van der Waals surface area contributed by atoms with Crippen molar-refractivity contribution in [1.29, 1.82) is 0 Å². The van der Waals surface area contributed by atoms with Gasteiger partial charge in [0, 0.05) is 6.54 Å². The monoisotopic (exact) mass is 398 g/mol. The van der Waals surface area contributed by atoms with Crippen molar-refractivity contribution in [3.63, 3.8) is 0 Å². The Morgan fingerprint density at radius 2 is 1.71 bits per heavy atom. The molecular weight excluding hydrogens is 364 g/mol. The van der Waals surface area contributed by atoms with Gasteiger partial charge in [0.25, 0.3) is 5.91 Å². The molecule has 3 unspecified atom stereocenters. The minimum Gasteiger partial charge on any atom is -0.444 e. The molecule has 1 heterocycles. The van der Waals surface area contributed by atoms with Gasteiger partial charge < -0.3 is 15.4 Å². The molecule has 28 heavy (non-hydrogen) atoms. The van der Waals surface area contributed by atoms with Crippen LogP contribution in [-0.2, 0) is 19.1 Å². The van der Waals surface area contributed by atoms with Crippen molar-refractivity contribution in [2.75, 3.05) is 6.54 Å². The van der Waals surface area contributed by atoms with Gasteiger partial charge >= 0.3 is 6.09 Å². The van der Waals surface area contributed by atoms with E-state index in [2.05, 4.69) is 16.1 Å². The standard InChI is InChI=1S/C19H34N4O5/c1-11(2)15(21-18(27)28-19(5,6)7)16(25)20-12(3)17(26)23-10-8-9-14(22-23)13(4)24/h11-12,14-15,22H,8-10H2,1-7H3,(H,20,25)(H,21,27). The molecule has 1 saturated heterocycles. The van der Waals surface area contributed by atoms with Crippen LogP contribution in [0.25, 0.3) is 0 Å². The SMILES string of the molecule is CC(=O)C1CCCN(C(=O)C(C)NC(=O)C(NC(=O)OC(C)(C)C)C(C)C)N1. The first-order chi connectivity index (χ1) is 12.8. The molecule has 9 heteroatoms. The van der Waals surface area contributed by atoms with Crippen molar-refractivity contribution in [3.05, 3.63) is 0 Å². The lowest BCUT2D eigenvalue weighted by Gasteiger charge is -2.34. The van der Waals surface area contributed by atoms with E-state index in [0.717, 1.165) is 0 Å². The van der Waals surface area contributed by atoms with E-state index in [4.69, 9.17) is 4.74 Å². The maximum absolute atomic E-state index is 12.6. The summed E-state index contributed by atoms with van der Waals surface area (Å²) in [5, 5.41) is 6.59. The summed E-state index contributed by atoms with van der Waals surface area (Å²) in [6.07, 6.45) is 0.690. The summed E-state index contributed by atoms with van der Waals surface area (Å²) in [5.41, 5.74) is 2.23. The van der Waals surface area contributed by atoms with E-state index >= 15 is 0 Å². The number of hydrogen-bond donors (Lipinski definition) is 3. The highest BCUT2D eigenvalue weighted by atomic mass is 16.6. The van der Waals surface area contributed by atoms with Gasteiger partial charge in [0.1, 0.15) is 23.5 Å². The first kappa shape index (κ1) is 23.9. The molecular formula is C19H34N4O5. The Bertz CT molecular complexity index is 600. The number of carbonyl (C=O) groups is 4. The Kier molecular flexibility index (Phi) is 8.41. The zero-order valence-electron chi connectivity index (χ0n) is 17.9. The highest BCUT2D eigenvalue weighted by molar-refractivity contribution is 5.91. The second-order valence-electron chi connectivity index (χ2n) is 8.52. The first-order valence-corrected chi connectivity index (χ1v) is 9.69. The highest BCUT2D eigenvalue weighted by Crippen LogP contribution is 2.11. The maximum Gasteiger partial charge on any atom is 0.408 e. The van der Waals surface area contributed by atoms with Crippen LogP contribution in [0.4, 0.5) is 4.79 Å². The summed E-state index contributed by atoms with van der Waals surface area (Å²) in [4.78, 5) is 48.8. The zero-order chi connectivity index (χ0) is 21.6.